The fraction of sp³-hybridized carbons (Fsp3) is 0.500. The number of hydrogen-bond acceptors (Lipinski definition) is 7. The van der Waals surface area contributed by atoms with E-state index in [9.17, 15) is 20.1 Å². The summed E-state index contributed by atoms with van der Waals surface area (Å²) in [5.41, 5.74) is 0.139. The Morgan fingerprint density at radius 1 is 1.46 bits per heavy atom. The number of ether oxygens (including phenoxy) is 1. The number of nitrogens with one attached hydrogen (secondary N) is 1. The van der Waals surface area contributed by atoms with Gasteiger partial charge in [0.2, 0.25) is 0 Å². The number of aromatic amines is 1. The molecular formula is C14H19N5O5. The van der Waals surface area contributed by atoms with Gasteiger partial charge >= 0.3 is 0 Å². The summed E-state index contributed by atoms with van der Waals surface area (Å²) in [4.78, 5) is 24.6. The number of imidazole rings is 1. The number of pyridine rings is 1. The fourth-order valence-corrected chi connectivity index (χ4v) is 2.59. The van der Waals surface area contributed by atoms with Gasteiger partial charge in [-0.2, -0.15) is 0 Å². The number of aliphatic hydroxyl groups is 3. The van der Waals surface area contributed by atoms with Crippen LogP contribution in [0.25, 0.3) is 11.0 Å². The van der Waals surface area contributed by atoms with Gasteiger partial charge in [0.15, 0.2) is 11.7 Å². The van der Waals surface area contributed by atoms with E-state index in [0.717, 1.165) is 0 Å². The van der Waals surface area contributed by atoms with E-state index in [0.29, 0.717) is 11.3 Å². The Hall–Kier alpha value is -2.27. The zero-order valence-electron chi connectivity index (χ0n) is 13.2. The van der Waals surface area contributed by atoms with Gasteiger partial charge in [0.05, 0.1) is 24.8 Å². The van der Waals surface area contributed by atoms with Crippen LogP contribution in [0.15, 0.2) is 22.2 Å². The van der Waals surface area contributed by atoms with Crippen molar-refractivity contribution in [1.29, 1.82) is 0 Å². The van der Waals surface area contributed by atoms with Gasteiger partial charge in [0.1, 0.15) is 24.1 Å². The van der Waals surface area contributed by atoms with Crippen molar-refractivity contribution in [3.8, 4) is 0 Å². The summed E-state index contributed by atoms with van der Waals surface area (Å²) in [6.07, 6.45) is -1.48. The Morgan fingerprint density at radius 2 is 2.21 bits per heavy atom. The first-order valence-electron chi connectivity index (χ1n) is 7.35. The predicted octanol–water partition coefficient (Wildman–Crippen LogP) is -1.44. The fourth-order valence-electron chi connectivity index (χ4n) is 2.59. The first-order chi connectivity index (χ1) is 11.4. The number of rotatable bonds is 4. The van der Waals surface area contributed by atoms with Crippen molar-refractivity contribution in [3.63, 3.8) is 0 Å². The molecule has 10 heteroatoms. The quantitative estimate of drug-likeness (QED) is 0.396. The van der Waals surface area contributed by atoms with Gasteiger partial charge in [0, 0.05) is 20.2 Å². The molecule has 130 valence electrons. The molecule has 2 aromatic heterocycles. The van der Waals surface area contributed by atoms with Crippen LogP contribution in [0.3, 0.4) is 0 Å². The molecule has 4 atom stereocenters. The maximum Gasteiger partial charge on any atom is 0.277 e. The molecule has 1 aliphatic heterocycles. The Labute approximate surface area is 136 Å². The smallest absolute Gasteiger partial charge is 0.277 e. The number of nitrogens with zero attached hydrogens (tertiary/aromatic N) is 4. The molecular weight excluding hydrogens is 318 g/mol. The normalized spacial score (nSPS) is 27.4. The summed E-state index contributed by atoms with van der Waals surface area (Å²) in [6, 6.07) is 1.60. The third kappa shape index (κ3) is 2.80. The van der Waals surface area contributed by atoms with Crippen molar-refractivity contribution in [2.45, 2.75) is 24.5 Å². The molecule has 0 aliphatic carbocycles. The SMILES string of the molecule is CN(C)C=Nc1cc2c(ncn2[C@@H]2O[C@H](CO)C(O)C2O)c(=O)[nH]1. The lowest BCUT2D eigenvalue weighted by Gasteiger charge is -2.17. The minimum Gasteiger partial charge on any atom is -0.394 e. The summed E-state index contributed by atoms with van der Waals surface area (Å²) < 4.78 is 6.93. The van der Waals surface area contributed by atoms with E-state index in [1.54, 1.807) is 25.1 Å². The van der Waals surface area contributed by atoms with Gasteiger partial charge in [-0.15, -0.1) is 0 Å². The Kier molecular flexibility index (Phi) is 4.37. The third-order valence-electron chi connectivity index (χ3n) is 3.78. The van der Waals surface area contributed by atoms with Crippen LogP contribution in [-0.2, 0) is 4.74 Å². The average Bonchev–Trinajstić information content (AvgIpc) is 3.08. The van der Waals surface area contributed by atoms with Gasteiger partial charge < -0.3 is 34.5 Å². The minimum absolute atomic E-state index is 0.163. The first kappa shape index (κ1) is 16.6. The second-order valence-electron chi connectivity index (χ2n) is 5.81. The van der Waals surface area contributed by atoms with Crippen LogP contribution in [-0.4, -0.2) is 80.1 Å². The molecule has 0 bridgehead atoms. The molecule has 0 amide bonds. The monoisotopic (exact) mass is 337 g/mol. The van der Waals surface area contributed by atoms with Crippen LogP contribution in [0.4, 0.5) is 5.82 Å². The molecule has 0 saturated carbocycles. The lowest BCUT2D eigenvalue weighted by atomic mass is 10.1. The molecule has 24 heavy (non-hydrogen) atoms. The molecule has 4 N–H and O–H groups in total. The molecule has 1 saturated heterocycles. The summed E-state index contributed by atoms with van der Waals surface area (Å²) in [7, 11) is 3.59. The highest BCUT2D eigenvalue weighted by atomic mass is 16.6. The molecule has 0 aromatic carbocycles. The highest BCUT2D eigenvalue weighted by Crippen LogP contribution is 2.31. The second-order valence-corrected chi connectivity index (χ2v) is 5.81. The van der Waals surface area contributed by atoms with Crippen molar-refractivity contribution >= 4 is 23.2 Å². The van der Waals surface area contributed by atoms with Crippen molar-refractivity contribution in [2.75, 3.05) is 20.7 Å². The molecule has 3 rings (SSSR count). The van der Waals surface area contributed by atoms with Crippen LogP contribution in [0, 0.1) is 0 Å². The largest absolute Gasteiger partial charge is 0.394 e. The van der Waals surface area contributed by atoms with Crippen LogP contribution in [0.5, 0.6) is 0 Å². The zero-order valence-corrected chi connectivity index (χ0v) is 13.2. The van der Waals surface area contributed by atoms with Crippen molar-refractivity contribution in [2.24, 2.45) is 4.99 Å². The van der Waals surface area contributed by atoms with E-state index < -0.39 is 36.7 Å². The van der Waals surface area contributed by atoms with Crippen LogP contribution in [0.2, 0.25) is 0 Å². The maximum atomic E-state index is 12.1. The van der Waals surface area contributed by atoms with Gasteiger partial charge in [-0.3, -0.25) is 4.79 Å². The van der Waals surface area contributed by atoms with Gasteiger partial charge in [-0.05, 0) is 0 Å². The molecule has 3 heterocycles. The summed E-state index contributed by atoms with van der Waals surface area (Å²) in [5, 5.41) is 29.2. The van der Waals surface area contributed by atoms with E-state index in [4.69, 9.17) is 4.74 Å². The first-order valence-corrected chi connectivity index (χ1v) is 7.35. The van der Waals surface area contributed by atoms with Crippen LogP contribution in [0.1, 0.15) is 6.23 Å². The van der Waals surface area contributed by atoms with Gasteiger partial charge in [-0.25, -0.2) is 9.98 Å². The Morgan fingerprint density at radius 3 is 2.83 bits per heavy atom. The molecule has 10 nitrogen and oxygen atoms in total. The second kappa shape index (κ2) is 6.32. The van der Waals surface area contributed by atoms with E-state index in [2.05, 4.69) is 15.0 Å². The Balaban J connectivity index is 2.05. The third-order valence-corrected chi connectivity index (χ3v) is 3.78. The van der Waals surface area contributed by atoms with Crippen molar-refractivity contribution in [1.82, 2.24) is 19.4 Å². The molecule has 0 radical (unpaired) electrons. The summed E-state index contributed by atoms with van der Waals surface area (Å²) >= 11 is 0. The molecule has 0 spiro atoms. The highest BCUT2D eigenvalue weighted by molar-refractivity contribution is 5.77. The molecule has 1 fully saturated rings. The van der Waals surface area contributed by atoms with E-state index in [-0.39, 0.29) is 5.52 Å². The molecule has 2 aromatic rings. The van der Waals surface area contributed by atoms with Gasteiger partial charge in [-0.1, -0.05) is 0 Å². The van der Waals surface area contributed by atoms with Crippen LogP contribution < -0.4 is 5.56 Å². The average molecular weight is 337 g/mol. The molecule has 1 aliphatic rings. The number of H-pyrrole nitrogens is 1. The highest BCUT2D eigenvalue weighted by Gasteiger charge is 2.43. The van der Waals surface area contributed by atoms with Crippen molar-refractivity contribution < 1.29 is 20.1 Å². The topological polar surface area (TPSA) is 136 Å². The van der Waals surface area contributed by atoms with E-state index >= 15 is 0 Å². The number of hydrogen-bond donors (Lipinski definition) is 4. The van der Waals surface area contributed by atoms with E-state index in [1.807, 2.05) is 0 Å². The van der Waals surface area contributed by atoms with E-state index in [1.165, 1.54) is 17.2 Å². The summed E-state index contributed by atoms with van der Waals surface area (Å²) in [6.45, 7) is -0.430. The standard InChI is InChI=1S/C14H19N5O5/c1-18(2)5-15-9-3-7-10(13(23)17-9)16-6-19(7)14-12(22)11(21)8(4-20)24-14/h3,5-6,8,11-12,14,20-22H,4H2,1-2H3,(H,17,23)/t8-,11?,12?,14-/m1/s1. The Bertz CT molecular complexity index is 813. The lowest BCUT2D eigenvalue weighted by Crippen LogP contribution is -2.33. The summed E-state index contributed by atoms with van der Waals surface area (Å²) in [5.74, 6) is 0.315. The minimum atomic E-state index is -1.26. The molecule has 2 unspecified atom stereocenters. The maximum absolute atomic E-state index is 12.1. The van der Waals surface area contributed by atoms with Crippen molar-refractivity contribution in [3.05, 3.63) is 22.7 Å². The number of fused-ring (bicyclic) bond motifs is 1. The van der Waals surface area contributed by atoms with Crippen LogP contribution >= 0.6 is 0 Å². The number of aliphatic hydroxyl groups excluding tert-OH is 3. The lowest BCUT2D eigenvalue weighted by molar-refractivity contribution is -0.0508. The zero-order chi connectivity index (χ0) is 17.4. The number of aromatic nitrogens is 3. The predicted molar refractivity (Wildman–Crippen MR) is 85.2 cm³/mol. The van der Waals surface area contributed by atoms with Gasteiger partial charge in [0.25, 0.3) is 5.56 Å². The number of aliphatic imine (C=N–C) groups is 1.